The van der Waals surface area contributed by atoms with Crippen LogP contribution in [0.2, 0.25) is 0 Å². The topological polar surface area (TPSA) is 71.6 Å². The Hall–Kier alpha value is -0.980. The summed E-state index contributed by atoms with van der Waals surface area (Å²) in [6, 6.07) is 0.167. The standard InChI is InChI=1S/C12H21N3O3/c1-3-11-13-12(14-18-11)10-5-4-6-15(10)7-9(16)8-17-2/h9-10,16H,3-8H2,1-2H3/t9-,10+/m0/s1. The Balaban J connectivity index is 1.98. The van der Waals surface area contributed by atoms with E-state index in [0.29, 0.717) is 19.0 Å². The Bertz CT molecular complexity index is 369. The van der Waals surface area contributed by atoms with Crippen LogP contribution in [-0.2, 0) is 11.2 Å². The summed E-state index contributed by atoms with van der Waals surface area (Å²) >= 11 is 0. The quantitative estimate of drug-likeness (QED) is 0.809. The summed E-state index contributed by atoms with van der Waals surface area (Å²) in [5.74, 6) is 1.42. The zero-order valence-electron chi connectivity index (χ0n) is 11.0. The van der Waals surface area contributed by atoms with Crippen molar-refractivity contribution >= 4 is 0 Å². The molecule has 0 aromatic carbocycles. The van der Waals surface area contributed by atoms with Crippen molar-refractivity contribution in [2.45, 2.75) is 38.3 Å². The number of nitrogens with zero attached hydrogens (tertiary/aromatic N) is 3. The minimum Gasteiger partial charge on any atom is -0.389 e. The lowest BCUT2D eigenvalue weighted by atomic mass is 10.2. The predicted octanol–water partition coefficient (Wildman–Crippen LogP) is 0.776. The molecule has 0 bridgehead atoms. The van der Waals surface area contributed by atoms with Crippen molar-refractivity contribution in [3.8, 4) is 0 Å². The third-order valence-electron chi connectivity index (χ3n) is 3.25. The van der Waals surface area contributed by atoms with Crippen molar-refractivity contribution in [3.05, 3.63) is 11.7 Å². The molecule has 102 valence electrons. The molecule has 2 atom stereocenters. The first-order chi connectivity index (χ1) is 8.74. The molecule has 0 spiro atoms. The van der Waals surface area contributed by atoms with Crippen LogP contribution in [0.3, 0.4) is 0 Å². The lowest BCUT2D eigenvalue weighted by Gasteiger charge is -2.24. The third-order valence-corrected chi connectivity index (χ3v) is 3.25. The van der Waals surface area contributed by atoms with E-state index in [1.165, 1.54) is 0 Å². The van der Waals surface area contributed by atoms with E-state index in [1.54, 1.807) is 7.11 Å². The first-order valence-corrected chi connectivity index (χ1v) is 6.48. The van der Waals surface area contributed by atoms with Crippen molar-refractivity contribution in [2.24, 2.45) is 0 Å². The zero-order chi connectivity index (χ0) is 13.0. The second-order valence-electron chi connectivity index (χ2n) is 4.66. The van der Waals surface area contributed by atoms with Crippen LogP contribution < -0.4 is 0 Å². The average Bonchev–Trinajstić information content (AvgIpc) is 2.96. The molecule has 1 aromatic heterocycles. The normalized spacial score (nSPS) is 22.5. The van der Waals surface area contributed by atoms with E-state index >= 15 is 0 Å². The summed E-state index contributed by atoms with van der Waals surface area (Å²) in [6.07, 6.45) is 2.41. The molecule has 2 rings (SSSR count). The third kappa shape index (κ3) is 3.07. The molecule has 18 heavy (non-hydrogen) atoms. The molecule has 0 amide bonds. The Labute approximate surface area is 107 Å². The number of β-amino-alcohol motifs (C(OH)–C–C–N with tert-alkyl or cyclic N) is 1. The average molecular weight is 255 g/mol. The number of aliphatic hydroxyl groups excluding tert-OH is 1. The van der Waals surface area contributed by atoms with Gasteiger partial charge in [0, 0.05) is 20.1 Å². The van der Waals surface area contributed by atoms with Gasteiger partial charge in [0.25, 0.3) is 0 Å². The fourth-order valence-electron chi connectivity index (χ4n) is 2.40. The van der Waals surface area contributed by atoms with Gasteiger partial charge in [0.1, 0.15) is 0 Å². The lowest BCUT2D eigenvalue weighted by molar-refractivity contribution is 0.0336. The van der Waals surface area contributed by atoms with Gasteiger partial charge in [-0.15, -0.1) is 0 Å². The molecule has 1 aromatic rings. The minimum atomic E-state index is -0.465. The van der Waals surface area contributed by atoms with Gasteiger partial charge >= 0.3 is 0 Å². The molecule has 1 saturated heterocycles. The lowest BCUT2D eigenvalue weighted by Crippen LogP contribution is -2.34. The summed E-state index contributed by atoms with van der Waals surface area (Å²) in [4.78, 5) is 6.58. The van der Waals surface area contributed by atoms with Gasteiger partial charge in [-0.25, -0.2) is 0 Å². The van der Waals surface area contributed by atoms with Gasteiger partial charge in [-0.05, 0) is 19.4 Å². The molecule has 1 aliphatic heterocycles. The Morgan fingerprint density at radius 3 is 3.11 bits per heavy atom. The molecule has 1 N–H and O–H groups in total. The second-order valence-corrected chi connectivity index (χ2v) is 4.66. The van der Waals surface area contributed by atoms with Gasteiger partial charge in [-0.3, -0.25) is 4.90 Å². The summed E-state index contributed by atoms with van der Waals surface area (Å²) < 4.78 is 10.1. The van der Waals surface area contributed by atoms with Crippen LogP contribution in [0, 0.1) is 0 Å². The van der Waals surface area contributed by atoms with Crippen molar-refractivity contribution < 1.29 is 14.4 Å². The maximum Gasteiger partial charge on any atom is 0.226 e. The van der Waals surface area contributed by atoms with E-state index in [9.17, 15) is 5.11 Å². The van der Waals surface area contributed by atoms with Crippen LogP contribution in [-0.4, -0.2) is 53.1 Å². The highest BCUT2D eigenvalue weighted by atomic mass is 16.5. The van der Waals surface area contributed by atoms with Crippen molar-refractivity contribution in [1.29, 1.82) is 0 Å². The Kier molecular flexibility index (Phi) is 4.68. The van der Waals surface area contributed by atoms with E-state index in [4.69, 9.17) is 9.26 Å². The smallest absolute Gasteiger partial charge is 0.226 e. The van der Waals surface area contributed by atoms with Crippen LogP contribution in [0.1, 0.15) is 37.5 Å². The van der Waals surface area contributed by atoms with Gasteiger partial charge in [0.15, 0.2) is 5.82 Å². The van der Waals surface area contributed by atoms with E-state index in [0.717, 1.165) is 31.6 Å². The number of aliphatic hydroxyl groups is 1. The number of aryl methyl sites for hydroxylation is 1. The SMILES string of the molecule is CCc1nc([C@H]2CCCN2C[C@H](O)COC)no1. The first-order valence-electron chi connectivity index (χ1n) is 6.48. The van der Waals surface area contributed by atoms with Crippen LogP contribution in [0.4, 0.5) is 0 Å². The highest BCUT2D eigenvalue weighted by molar-refractivity contribution is 4.98. The Morgan fingerprint density at radius 2 is 2.44 bits per heavy atom. The first kappa shape index (κ1) is 13.5. The number of hydrogen-bond acceptors (Lipinski definition) is 6. The monoisotopic (exact) mass is 255 g/mol. The second kappa shape index (κ2) is 6.26. The van der Waals surface area contributed by atoms with Gasteiger partial charge in [0.2, 0.25) is 5.89 Å². The number of hydrogen-bond donors (Lipinski definition) is 1. The van der Waals surface area contributed by atoms with Gasteiger partial charge in [0.05, 0.1) is 18.8 Å². The maximum atomic E-state index is 9.79. The minimum absolute atomic E-state index is 0.167. The van der Waals surface area contributed by atoms with Crippen molar-refractivity contribution in [1.82, 2.24) is 15.0 Å². The van der Waals surface area contributed by atoms with Gasteiger partial charge in [-0.1, -0.05) is 12.1 Å². The molecular formula is C12H21N3O3. The predicted molar refractivity (Wildman–Crippen MR) is 65.1 cm³/mol. The summed E-state index contributed by atoms with van der Waals surface area (Å²) in [5.41, 5.74) is 0. The van der Waals surface area contributed by atoms with Crippen LogP contribution >= 0.6 is 0 Å². The number of likely N-dealkylation sites (tertiary alicyclic amines) is 1. The van der Waals surface area contributed by atoms with Crippen LogP contribution in [0.5, 0.6) is 0 Å². The molecule has 6 heteroatoms. The number of rotatable bonds is 6. The zero-order valence-corrected chi connectivity index (χ0v) is 11.0. The van der Waals surface area contributed by atoms with E-state index < -0.39 is 6.10 Å². The number of aromatic nitrogens is 2. The van der Waals surface area contributed by atoms with E-state index in [-0.39, 0.29) is 6.04 Å². The van der Waals surface area contributed by atoms with E-state index in [2.05, 4.69) is 15.0 Å². The molecule has 0 unspecified atom stereocenters. The molecular weight excluding hydrogens is 234 g/mol. The summed E-state index contributed by atoms with van der Waals surface area (Å²) in [5, 5.41) is 13.8. The van der Waals surface area contributed by atoms with Crippen LogP contribution in [0.15, 0.2) is 4.52 Å². The molecule has 1 aliphatic rings. The molecule has 0 saturated carbocycles. The fraction of sp³-hybridized carbons (Fsp3) is 0.833. The Morgan fingerprint density at radius 1 is 1.61 bits per heavy atom. The van der Waals surface area contributed by atoms with Gasteiger partial charge in [-0.2, -0.15) is 4.98 Å². The molecule has 0 aliphatic carbocycles. The summed E-state index contributed by atoms with van der Waals surface area (Å²) in [6.45, 7) is 3.90. The molecule has 0 radical (unpaired) electrons. The van der Waals surface area contributed by atoms with Crippen molar-refractivity contribution in [3.63, 3.8) is 0 Å². The number of ether oxygens (including phenoxy) is 1. The molecule has 1 fully saturated rings. The van der Waals surface area contributed by atoms with Crippen LogP contribution in [0.25, 0.3) is 0 Å². The molecule has 6 nitrogen and oxygen atoms in total. The summed E-state index contributed by atoms with van der Waals surface area (Å²) in [7, 11) is 1.59. The highest BCUT2D eigenvalue weighted by Gasteiger charge is 2.30. The fourth-order valence-corrected chi connectivity index (χ4v) is 2.40. The molecule has 2 heterocycles. The van der Waals surface area contributed by atoms with E-state index in [1.807, 2.05) is 6.92 Å². The van der Waals surface area contributed by atoms with Crippen molar-refractivity contribution in [2.75, 3.05) is 26.8 Å². The largest absolute Gasteiger partial charge is 0.389 e. The van der Waals surface area contributed by atoms with Gasteiger partial charge < -0.3 is 14.4 Å². The highest BCUT2D eigenvalue weighted by Crippen LogP contribution is 2.30. The number of methoxy groups -OCH3 is 1. The maximum absolute atomic E-state index is 9.79.